The van der Waals surface area contributed by atoms with Crippen molar-refractivity contribution in [3.05, 3.63) is 89.9 Å². The first-order valence-electron chi connectivity index (χ1n) is 15.5. The summed E-state index contributed by atoms with van der Waals surface area (Å²) in [5.74, 6) is 0.182. The van der Waals surface area contributed by atoms with Crippen LogP contribution in [0.25, 0.3) is 22.2 Å². The minimum Gasteiger partial charge on any atom is -0.443 e. The monoisotopic (exact) mass is 645 g/mol. The second kappa shape index (κ2) is 12.8. The van der Waals surface area contributed by atoms with Gasteiger partial charge in [0.15, 0.2) is 5.82 Å². The Hall–Kier alpha value is -5.76. The average molecular weight is 646 g/mol. The van der Waals surface area contributed by atoms with Gasteiger partial charge in [0.1, 0.15) is 16.7 Å². The predicted molar refractivity (Wildman–Crippen MR) is 186 cm³/mol. The summed E-state index contributed by atoms with van der Waals surface area (Å²) < 4.78 is 13.6. The summed E-state index contributed by atoms with van der Waals surface area (Å²) in [7, 11) is 1.83. The Labute approximate surface area is 280 Å². The van der Waals surface area contributed by atoms with Crippen LogP contribution in [-0.2, 0) is 16.5 Å². The number of nitriles is 1. The van der Waals surface area contributed by atoms with Crippen molar-refractivity contribution in [2.45, 2.75) is 66.6 Å². The fourth-order valence-electron chi connectivity index (χ4n) is 5.32. The first-order chi connectivity index (χ1) is 22.6. The van der Waals surface area contributed by atoms with E-state index < -0.39 is 23.4 Å². The fourth-order valence-corrected chi connectivity index (χ4v) is 5.32. The molecule has 0 atom stereocenters. The zero-order chi connectivity index (χ0) is 35.0. The second-order valence-electron chi connectivity index (χ2n) is 13.5. The molecule has 0 aliphatic heterocycles. The molecule has 0 fully saturated rings. The fraction of sp³-hybridized carbons (Fsp3) is 0.297. The molecule has 5 aromatic rings. The van der Waals surface area contributed by atoms with Crippen molar-refractivity contribution >= 4 is 46.4 Å². The summed E-state index contributed by atoms with van der Waals surface area (Å²) in [6, 6.07) is 18.2. The summed E-state index contributed by atoms with van der Waals surface area (Å²) >= 11 is 0. The molecule has 48 heavy (non-hydrogen) atoms. The highest BCUT2D eigenvalue weighted by atomic mass is 16.6. The van der Waals surface area contributed by atoms with E-state index in [0.29, 0.717) is 28.0 Å². The van der Waals surface area contributed by atoms with E-state index in [9.17, 15) is 14.9 Å². The quantitative estimate of drug-likeness (QED) is 0.186. The Bertz CT molecular complexity index is 2010. The smallest absolute Gasteiger partial charge is 0.421 e. The van der Waals surface area contributed by atoms with Gasteiger partial charge < -0.3 is 14.0 Å². The molecule has 5 rings (SSSR count). The minimum atomic E-state index is -0.838. The van der Waals surface area contributed by atoms with E-state index in [1.165, 1.54) is 9.80 Å². The summed E-state index contributed by atoms with van der Waals surface area (Å²) in [6.07, 6.45) is 3.90. The van der Waals surface area contributed by atoms with Crippen molar-refractivity contribution in [1.82, 2.24) is 19.5 Å². The van der Waals surface area contributed by atoms with Crippen molar-refractivity contribution in [2.75, 3.05) is 9.80 Å². The number of anilines is 4. The zero-order valence-corrected chi connectivity index (χ0v) is 28.7. The number of hydrogen-bond acceptors (Lipinski definition) is 8. The molecule has 3 heterocycles. The van der Waals surface area contributed by atoms with E-state index in [-0.39, 0.29) is 11.8 Å². The van der Waals surface area contributed by atoms with E-state index in [1.807, 2.05) is 55.9 Å². The van der Waals surface area contributed by atoms with Gasteiger partial charge in [0.05, 0.1) is 28.5 Å². The van der Waals surface area contributed by atoms with Crippen LogP contribution < -0.4 is 9.80 Å². The number of ether oxygens (including phenoxy) is 2. The predicted octanol–water partition coefficient (Wildman–Crippen LogP) is 8.67. The number of benzene rings is 2. The summed E-state index contributed by atoms with van der Waals surface area (Å²) in [5.41, 5.74) is 4.27. The number of nitrogens with zero attached hydrogens (tertiary/aromatic N) is 7. The topological polar surface area (TPSA) is 126 Å². The molecule has 3 aromatic heterocycles. The van der Waals surface area contributed by atoms with Crippen LogP contribution in [0.15, 0.2) is 73.2 Å². The van der Waals surface area contributed by atoms with E-state index >= 15 is 0 Å². The number of carbonyl (C=O) groups excluding carboxylic acids is 2. The van der Waals surface area contributed by atoms with Gasteiger partial charge in [-0.05, 0) is 132 Å². The highest BCUT2D eigenvalue weighted by molar-refractivity contribution is 6.05. The van der Waals surface area contributed by atoms with Crippen molar-refractivity contribution in [2.24, 2.45) is 7.05 Å². The number of fused-ring (bicyclic) bond motifs is 1. The third-order valence-electron chi connectivity index (χ3n) is 7.24. The number of pyridine rings is 1. The Morgan fingerprint density at radius 3 is 1.90 bits per heavy atom. The van der Waals surface area contributed by atoms with Crippen molar-refractivity contribution in [3.8, 4) is 17.2 Å². The SMILES string of the molecule is Cc1cc(-c2ccncc2)cc(C)c1N(C(=O)OC(C)(C)C)c1nc(N(C(=O)OC(C)(C)C)c2ccc(C#N)cc2)nc2ccn(C)c12. The minimum absolute atomic E-state index is 0.0278. The number of aromatic nitrogens is 4. The number of hydrogen-bond donors (Lipinski definition) is 0. The van der Waals surface area contributed by atoms with Gasteiger partial charge in [0.2, 0.25) is 5.95 Å². The molecule has 2 aromatic carbocycles. The third kappa shape index (κ3) is 7.13. The van der Waals surface area contributed by atoms with Crippen LogP contribution in [-0.4, -0.2) is 42.9 Å². The van der Waals surface area contributed by atoms with Gasteiger partial charge in [-0.2, -0.15) is 10.2 Å². The molecule has 0 saturated heterocycles. The Kier molecular flexibility index (Phi) is 8.96. The van der Waals surface area contributed by atoms with Crippen molar-refractivity contribution in [3.63, 3.8) is 0 Å². The van der Waals surface area contributed by atoms with E-state index in [0.717, 1.165) is 22.3 Å². The van der Waals surface area contributed by atoms with Gasteiger partial charge in [-0.15, -0.1) is 0 Å². The maximum absolute atomic E-state index is 14.3. The van der Waals surface area contributed by atoms with E-state index in [4.69, 9.17) is 19.4 Å². The van der Waals surface area contributed by atoms with Gasteiger partial charge in [0, 0.05) is 25.6 Å². The zero-order valence-electron chi connectivity index (χ0n) is 28.7. The molecule has 2 amide bonds. The lowest BCUT2D eigenvalue weighted by Gasteiger charge is -2.31. The van der Waals surface area contributed by atoms with Gasteiger partial charge in [0.25, 0.3) is 0 Å². The summed E-state index contributed by atoms with van der Waals surface area (Å²) in [6.45, 7) is 14.5. The summed E-state index contributed by atoms with van der Waals surface area (Å²) in [4.78, 5) is 44.7. The molecular weight excluding hydrogens is 606 g/mol. The van der Waals surface area contributed by atoms with Crippen LogP contribution in [0.1, 0.15) is 58.2 Å². The van der Waals surface area contributed by atoms with Crippen LogP contribution in [0, 0.1) is 25.2 Å². The Balaban J connectivity index is 1.79. The molecule has 0 aliphatic carbocycles. The van der Waals surface area contributed by atoms with E-state index in [2.05, 4.69) is 11.1 Å². The largest absolute Gasteiger partial charge is 0.443 e. The maximum atomic E-state index is 14.3. The number of amides is 2. The van der Waals surface area contributed by atoms with Crippen LogP contribution in [0.5, 0.6) is 0 Å². The highest BCUT2D eigenvalue weighted by Crippen LogP contribution is 2.40. The van der Waals surface area contributed by atoms with Gasteiger partial charge in [-0.25, -0.2) is 24.4 Å². The number of aryl methyl sites for hydroxylation is 3. The second-order valence-corrected chi connectivity index (χ2v) is 13.5. The maximum Gasteiger partial charge on any atom is 0.421 e. The van der Waals surface area contributed by atoms with Gasteiger partial charge in [-0.3, -0.25) is 4.98 Å². The molecule has 11 heteroatoms. The third-order valence-corrected chi connectivity index (χ3v) is 7.24. The lowest BCUT2D eigenvalue weighted by Crippen LogP contribution is -2.37. The molecule has 0 spiro atoms. The number of carbonyl (C=O) groups is 2. The van der Waals surface area contributed by atoms with Crippen LogP contribution >= 0.6 is 0 Å². The highest BCUT2D eigenvalue weighted by Gasteiger charge is 2.34. The molecule has 0 N–H and O–H groups in total. The molecule has 0 unspecified atom stereocenters. The Morgan fingerprint density at radius 2 is 1.35 bits per heavy atom. The molecule has 11 nitrogen and oxygen atoms in total. The molecule has 0 aliphatic rings. The van der Waals surface area contributed by atoms with Gasteiger partial charge in [-0.1, -0.05) is 0 Å². The van der Waals surface area contributed by atoms with Gasteiger partial charge >= 0.3 is 12.2 Å². The Morgan fingerprint density at radius 1 is 0.792 bits per heavy atom. The first kappa shape index (κ1) is 33.6. The van der Waals surface area contributed by atoms with Crippen molar-refractivity contribution in [1.29, 1.82) is 5.26 Å². The molecule has 0 radical (unpaired) electrons. The first-order valence-corrected chi connectivity index (χ1v) is 15.5. The van der Waals surface area contributed by atoms with Crippen LogP contribution in [0.3, 0.4) is 0 Å². The normalized spacial score (nSPS) is 11.6. The lowest BCUT2D eigenvalue weighted by molar-refractivity contribution is 0.0589. The standard InChI is InChI=1S/C37H39N7O4/c1-23-20-27(26-14-17-39-18-15-26)21-24(2)30(23)44(35(46)48-37(6,7)8)32-31-29(16-19-42(31)9)40-33(41-32)43(34(45)47-36(3,4)5)28-12-10-25(22-38)11-13-28/h10-21H,1-9H3. The van der Waals surface area contributed by atoms with Crippen LogP contribution in [0.2, 0.25) is 0 Å². The summed E-state index contributed by atoms with van der Waals surface area (Å²) in [5, 5.41) is 9.40. The number of rotatable bonds is 5. The van der Waals surface area contributed by atoms with Crippen molar-refractivity contribution < 1.29 is 19.1 Å². The molecule has 246 valence electrons. The van der Waals surface area contributed by atoms with Crippen LogP contribution in [0.4, 0.5) is 32.7 Å². The molecule has 0 saturated carbocycles. The molecule has 0 bridgehead atoms. The lowest BCUT2D eigenvalue weighted by atomic mass is 9.99. The average Bonchev–Trinajstić information content (AvgIpc) is 3.38. The molecular formula is C37H39N7O4. The van der Waals surface area contributed by atoms with E-state index in [1.54, 1.807) is 84.3 Å².